The Labute approximate surface area is 93.1 Å². The van der Waals surface area contributed by atoms with Crippen LogP contribution in [-0.4, -0.2) is 11.6 Å². The molecule has 1 aromatic rings. The van der Waals surface area contributed by atoms with Crippen molar-refractivity contribution < 1.29 is 4.79 Å². The smallest absolute Gasteiger partial charge is 0.251 e. The first-order valence-corrected chi connectivity index (χ1v) is 5.04. The summed E-state index contributed by atoms with van der Waals surface area (Å²) in [7, 11) is 0. The zero-order valence-corrected chi connectivity index (χ0v) is 9.30. The summed E-state index contributed by atoms with van der Waals surface area (Å²) in [6, 6.07) is 7.31. The van der Waals surface area contributed by atoms with Gasteiger partial charge in [0.2, 0.25) is 0 Å². The number of carbonyl (C=O) groups is 1. The summed E-state index contributed by atoms with van der Waals surface area (Å²) in [6.45, 7) is 3.70. The Balaban J connectivity index is 2.41. The maximum absolute atomic E-state index is 11.5. The molecule has 0 atom stereocenters. The van der Waals surface area contributed by atoms with Crippen molar-refractivity contribution in [2.24, 2.45) is 10.5 Å². The summed E-state index contributed by atoms with van der Waals surface area (Å²) >= 11 is 5.80. The fourth-order valence-corrected chi connectivity index (χ4v) is 1.65. The van der Waals surface area contributed by atoms with Crippen molar-refractivity contribution in [3.8, 4) is 0 Å². The average molecular weight is 223 g/mol. The minimum atomic E-state index is -0.576. The molecule has 78 valence electrons. The first-order valence-electron chi connectivity index (χ1n) is 4.66. The summed E-state index contributed by atoms with van der Waals surface area (Å²) < 4.78 is 0. The fourth-order valence-electron chi connectivity index (χ4n) is 1.53. The molecule has 1 amide bonds. The maximum atomic E-state index is 11.5. The SMILES string of the molecule is CC1(C)C(=O)NN=C1c1ccc(Cl)cc1. The fraction of sp³-hybridized carbons (Fsp3) is 0.273. The normalized spacial score (nSPS) is 18.6. The van der Waals surface area contributed by atoms with E-state index >= 15 is 0 Å². The highest BCUT2D eigenvalue weighted by Gasteiger charge is 2.39. The van der Waals surface area contributed by atoms with Crippen molar-refractivity contribution >= 4 is 23.2 Å². The molecule has 3 nitrogen and oxygen atoms in total. The number of hydrogen-bond donors (Lipinski definition) is 1. The van der Waals surface area contributed by atoms with Gasteiger partial charge in [0, 0.05) is 5.02 Å². The molecule has 0 unspecified atom stereocenters. The van der Waals surface area contributed by atoms with Crippen LogP contribution >= 0.6 is 11.6 Å². The van der Waals surface area contributed by atoms with Gasteiger partial charge in [-0.2, -0.15) is 5.10 Å². The number of nitrogens with one attached hydrogen (secondary N) is 1. The van der Waals surface area contributed by atoms with Crippen LogP contribution < -0.4 is 5.43 Å². The number of carbonyl (C=O) groups excluding carboxylic acids is 1. The van der Waals surface area contributed by atoms with Crippen LogP contribution in [0.4, 0.5) is 0 Å². The van der Waals surface area contributed by atoms with Gasteiger partial charge in [-0.25, -0.2) is 5.43 Å². The minimum absolute atomic E-state index is 0.0764. The van der Waals surface area contributed by atoms with Crippen molar-refractivity contribution in [1.82, 2.24) is 5.43 Å². The zero-order valence-electron chi connectivity index (χ0n) is 8.54. The van der Waals surface area contributed by atoms with E-state index in [9.17, 15) is 4.79 Å². The molecule has 0 saturated heterocycles. The van der Waals surface area contributed by atoms with E-state index in [2.05, 4.69) is 10.5 Å². The molecule has 4 heteroatoms. The third-order valence-corrected chi connectivity index (χ3v) is 2.80. The van der Waals surface area contributed by atoms with Crippen molar-refractivity contribution in [3.63, 3.8) is 0 Å². The van der Waals surface area contributed by atoms with Crippen LogP contribution in [0.25, 0.3) is 0 Å². The van der Waals surface area contributed by atoms with Gasteiger partial charge in [0.15, 0.2) is 0 Å². The maximum Gasteiger partial charge on any atom is 0.251 e. The van der Waals surface area contributed by atoms with Gasteiger partial charge in [0.1, 0.15) is 0 Å². The first kappa shape index (κ1) is 10.2. The number of benzene rings is 1. The lowest BCUT2D eigenvalue weighted by atomic mass is 9.84. The number of amides is 1. The van der Waals surface area contributed by atoms with Gasteiger partial charge >= 0.3 is 0 Å². The Morgan fingerprint density at radius 3 is 2.33 bits per heavy atom. The van der Waals surface area contributed by atoms with Gasteiger partial charge in [0.05, 0.1) is 11.1 Å². The van der Waals surface area contributed by atoms with Gasteiger partial charge in [-0.3, -0.25) is 4.79 Å². The molecule has 0 aromatic heterocycles. The Morgan fingerprint density at radius 1 is 1.27 bits per heavy atom. The lowest BCUT2D eigenvalue weighted by molar-refractivity contribution is -0.125. The molecule has 1 heterocycles. The highest BCUT2D eigenvalue weighted by molar-refractivity contribution is 6.30. The highest BCUT2D eigenvalue weighted by Crippen LogP contribution is 2.27. The molecule has 1 aromatic carbocycles. The van der Waals surface area contributed by atoms with Crippen LogP contribution in [0.1, 0.15) is 19.4 Å². The van der Waals surface area contributed by atoms with E-state index in [1.54, 1.807) is 12.1 Å². The quantitative estimate of drug-likeness (QED) is 0.778. The second-order valence-electron chi connectivity index (χ2n) is 4.03. The number of hydrazone groups is 1. The molecule has 2 rings (SSSR count). The van der Waals surface area contributed by atoms with Gasteiger partial charge < -0.3 is 0 Å². The van der Waals surface area contributed by atoms with Crippen molar-refractivity contribution in [3.05, 3.63) is 34.9 Å². The Kier molecular flexibility index (Phi) is 2.27. The number of hydrogen-bond acceptors (Lipinski definition) is 2. The third kappa shape index (κ3) is 1.63. The molecule has 0 aliphatic carbocycles. The molecule has 1 aliphatic rings. The molecule has 0 fully saturated rings. The zero-order chi connectivity index (χ0) is 11.1. The lowest BCUT2D eigenvalue weighted by Crippen LogP contribution is -2.32. The molecule has 0 bridgehead atoms. The molecule has 1 N–H and O–H groups in total. The van der Waals surface area contributed by atoms with Gasteiger partial charge in [-0.15, -0.1) is 0 Å². The summed E-state index contributed by atoms with van der Waals surface area (Å²) in [5, 5.41) is 4.72. The summed E-state index contributed by atoms with van der Waals surface area (Å²) in [4.78, 5) is 11.5. The van der Waals surface area contributed by atoms with Crippen LogP contribution in [-0.2, 0) is 4.79 Å². The molecular formula is C11H11ClN2O. The standard InChI is InChI=1S/C11H11ClN2O/c1-11(2)9(13-14-10(11)15)7-3-5-8(12)6-4-7/h3-6H,1-2H3,(H,14,15). The van der Waals surface area contributed by atoms with E-state index < -0.39 is 5.41 Å². The van der Waals surface area contributed by atoms with Crippen LogP contribution in [0.15, 0.2) is 29.4 Å². The second-order valence-corrected chi connectivity index (χ2v) is 4.47. The molecule has 0 radical (unpaired) electrons. The molecule has 15 heavy (non-hydrogen) atoms. The monoisotopic (exact) mass is 222 g/mol. The minimum Gasteiger partial charge on any atom is -0.272 e. The summed E-state index contributed by atoms with van der Waals surface area (Å²) in [5.74, 6) is -0.0764. The van der Waals surface area contributed by atoms with Gasteiger partial charge in [-0.1, -0.05) is 23.7 Å². The van der Waals surface area contributed by atoms with Crippen LogP contribution in [0.5, 0.6) is 0 Å². The molecular weight excluding hydrogens is 212 g/mol. The Hall–Kier alpha value is -1.35. The predicted molar refractivity (Wildman–Crippen MR) is 59.9 cm³/mol. The van der Waals surface area contributed by atoms with E-state index in [0.717, 1.165) is 11.3 Å². The van der Waals surface area contributed by atoms with Gasteiger partial charge in [-0.05, 0) is 31.5 Å². The van der Waals surface area contributed by atoms with E-state index in [-0.39, 0.29) is 5.91 Å². The van der Waals surface area contributed by atoms with Crippen molar-refractivity contribution in [1.29, 1.82) is 0 Å². The van der Waals surface area contributed by atoms with E-state index in [1.165, 1.54) is 0 Å². The van der Waals surface area contributed by atoms with Crippen LogP contribution in [0.3, 0.4) is 0 Å². The molecule has 0 spiro atoms. The van der Waals surface area contributed by atoms with E-state index in [4.69, 9.17) is 11.6 Å². The average Bonchev–Trinajstić information content (AvgIpc) is 2.44. The van der Waals surface area contributed by atoms with E-state index in [0.29, 0.717) is 5.02 Å². The number of halogens is 1. The lowest BCUT2D eigenvalue weighted by Gasteiger charge is -2.16. The summed E-state index contributed by atoms with van der Waals surface area (Å²) in [5.41, 5.74) is 3.59. The molecule has 0 saturated carbocycles. The topological polar surface area (TPSA) is 41.5 Å². The second kappa shape index (κ2) is 3.35. The number of rotatable bonds is 1. The molecule has 1 aliphatic heterocycles. The highest BCUT2D eigenvalue weighted by atomic mass is 35.5. The Bertz CT molecular complexity index is 434. The predicted octanol–water partition coefficient (Wildman–Crippen LogP) is 2.20. The van der Waals surface area contributed by atoms with Crippen molar-refractivity contribution in [2.45, 2.75) is 13.8 Å². The van der Waals surface area contributed by atoms with Crippen LogP contribution in [0.2, 0.25) is 5.02 Å². The summed E-state index contributed by atoms with van der Waals surface area (Å²) in [6.07, 6.45) is 0. The van der Waals surface area contributed by atoms with E-state index in [1.807, 2.05) is 26.0 Å². The van der Waals surface area contributed by atoms with Crippen LogP contribution in [0, 0.1) is 5.41 Å². The third-order valence-electron chi connectivity index (χ3n) is 2.55. The number of nitrogens with zero attached hydrogens (tertiary/aromatic N) is 1. The first-order chi connectivity index (χ1) is 7.01. The Morgan fingerprint density at radius 2 is 1.87 bits per heavy atom. The van der Waals surface area contributed by atoms with Crippen molar-refractivity contribution in [2.75, 3.05) is 0 Å². The largest absolute Gasteiger partial charge is 0.272 e. The van der Waals surface area contributed by atoms with Gasteiger partial charge in [0.25, 0.3) is 5.91 Å².